The molecule has 0 saturated carbocycles. The van der Waals surface area contributed by atoms with Gasteiger partial charge in [-0.1, -0.05) is 11.2 Å². The fourth-order valence-corrected chi connectivity index (χ4v) is 0.727. The van der Waals surface area contributed by atoms with Crippen molar-refractivity contribution in [2.24, 2.45) is 5.16 Å². The van der Waals surface area contributed by atoms with Crippen LogP contribution in [-0.2, 0) is 4.84 Å². The van der Waals surface area contributed by atoms with Gasteiger partial charge in [0.1, 0.15) is 7.11 Å². The summed E-state index contributed by atoms with van der Waals surface area (Å²) in [7, 11) is 1.57. The van der Waals surface area contributed by atoms with Crippen LogP contribution in [0.5, 0.6) is 0 Å². The third-order valence-electron chi connectivity index (χ3n) is 1.09. The Bertz CT molecular complexity index is 126. The molecule has 0 aromatic heterocycles. The van der Waals surface area contributed by atoms with E-state index in [2.05, 4.69) is 16.1 Å². The zero-order valence-corrected chi connectivity index (χ0v) is 4.92. The molecule has 0 saturated heterocycles. The fraction of sp³-hybridized carbons (Fsp3) is 0.500. The van der Waals surface area contributed by atoms with Gasteiger partial charge in [0.2, 0.25) is 0 Å². The lowest BCUT2D eigenvalue weighted by Gasteiger charge is -1.88. The number of nitrogens with zero attached hydrogens (tertiary/aromatic N) is 1. The van der Waals surface area contributed by atoms with E-state index < -0.39 is 0 Å². The van der Waals surface area contributed by atoms with Crippen molar-refractivity contribution in [2.75, 3.05) is 7.11 Å². The van der Waals surface area contributed by atoms with Gasteiger partial charge in [-0.3, -0.25) is 0 Å². The van der Waals surface area contributed by atoms with Gasteiger partial charge < -0.3 is 4.84 Å². The zero-order valence-electron chi connectivity index (χ0n) is 4.92. The first-order valence-corrected chi connectivity index (χ1v) is 2.70. The van der Waals surface area contributed by atoms with Crippen LogP contribution in [0, 0.1) is 0 Å². The molecule has 44 valence electrons. The highest BCUT2D eigenvalue weighted by Crippen LogP contribution is 2.04. The summed E-state index contributed by atoms with van der Waals surface area (Å²) in [6.45, 7) is 0. The van der Waals surface area contributed by atoms with Crippen LogP contribution in [0.15, 0.2) is 17.3 Å². The number of oxime groups is 1. The van der Waals surface area contributed by atoms with Crippen molar-refractivity contribution < 1.29 is 4.84 Å². The second-order valence-electron chi connectivity index (χ2n) is 1.71. The Balaban J connectivity index is 2.46. The second-order valence-corrected chi connectivity index (χ2v) is 1.71. The smallest absolute Gasteiger partial charge is 0.106 e. The quantitative estimate of drug-likeness (QED) is 0.468. The largest absolute Gasteiger partial charge is 0.399 e. The highest BCUT2D eigenvalue weighted by molar-refractivity contribution is 5.96. The topological polar surface area (TPSA) is 21.6 Å². The van der Waals surface area contributed by atoms with E-state index in [4.69, 9.17) is 0 Å². The molecule has 1 aliphatic carbocycles. The van der Waals surface area contributed by atoms with Gasteiger partial charge in [0.15, 0.2) is 0 Å². The van der Waals surface area contributed by atoms with Crippen LogP contribution < -0.4 is 0 Å². The third-order valence-corrected chi connectivity index (χ3v) is 1.09. The molecule has 0 aromatic rings. The molecule has 0 radical (unpaired) electrons. The third kappa shape index (κ3) is 1.09. The number of rotatable bonds is 1. The number of allylic oxidation sites excluding steroid dienone is 2. The molecule has 0 heterocycles. The maximum atomic E-state index is 4.56. The van der Waals surface area contributed by atoms with Crippen molar-refractivity contribution >= 4 is 5.71 Å². The van der Waals surface area contributed by atoms with Crippen molar-refractivity contribution in [1.82, 2.24) is 0 Å². The van der Waals surface area contributed by atoms with E-state index in [1.165, 1.54) is 0 Å². The summed E-state index contributed by atoms with van der Waals surface area (Å²) in [6, 6.07) is 0. The zero-order chi connectivity index (χ0) is 5.82. The van der Waals surface area contributed by atoms with Gasteiger partial charge in [0.25, 0.3) is 0 Å². The van der Waals surface area contributed by atoms with Crippen LogP contribution in [0.3, 0.4) is 0 Å². The van der Waals surface area contributed by atoms with Crippen LogP contribution >= 0.6 is 0 Å². The highest BCUT2D eigenvalue weighted by atomic mass is 16.6. The summed E-state index contributed by atoms with van der Waals surface area (Å²) in [5.41, 5.74) is 1.05. The molecule has 8 heavy (non-hydrogen) atoms. The molecule has 0 aromatic carbocycles. The summed E-state index contributed by atoms with van der Waals surface area (Å²) < 4.78 is 0. The normalized spacial score (nSPS) is 22.4. The van der Waals surface area contributed by atoms with E-state index in [0.717, 1.165) is 18.6 Å². The standard InChI is InChI=1S/C6H9NO/c1-8-7-6-4-2-3-5-6/h2,4H,3,5H2,1H3. The molecule has 2 heteroatoms. The van der Waals surface area contributed by atoms with Crippen LogP contribution in [0.1, 0.15) is 12.8 Å². The molecule has 0 unspecified atom stereocenters. The minimum atomic E-state index is 1.04. The number of hydrogen-bond donors (Lipinski definition) is 0. The monoisotopic (exact) mass is 111 g/mol. The molecular weight excluding hydrogens is 102 g/mol. The number of hydrogen-bond acceptors (Lipinski definition) is 2. The first-order valence-electron chi connectivity index (χ1n) is 2.70. The fourth-order valence-electron chi connectivity index (χ4n) is 0.727. The Kier molecular flexibility index (Phi) is 1.67. The molecule has 0 bridgehead atoms. The van der Waals surface area contributed by atoms with Gasteiger partial charge in [-0.05, 0) is 18.9 Å². The second kappa shape index (κ2) is 2.50. The molecule has 2 nitrogen and oxygen atoms in total. The van der Waals surface area contributed by atoms with E-state index in [9.17, 15) is 0 Å². The van der Waals surface area contributed by atoms with E-state index in [1.807, 2.05) is 6.08 Å². The summed E-state index contributed by atoms with van der Waals surface area (Å²) in [5, 5.41) is 3.75. The summed E-state index contributed by atoms with van der Waals surface area (Å²) in [5.74, 6) is 0. The summed E-state index contributed by atoms with van der Waals surface area (Å²) in [4.78, 5) is 4.56. The molecule has 1 rings (SSSR count). The van der Waals surface area contributed by atoms with Gasteiger partial charge in [0, 0.05) is 0 Å². The van der Waals surface area contributed by atoms with Crippen molar-refractivity contribution in [1.29, 1.82) is 0 Å². The predicted octanol–water partition coefficient (Wildman–Crippen LogP) is 1.34. The molecule has 0 aliphatic heterocycles. The lowest BCUT2D eigenvalue weighted by molar-refractivity contribution is 0.213. The summed E-state index contributed by atoms with van der Waals surface area (Å²) >= 11 is 0. The highest BCUT2D eigenvalue weighted by Gasteiger charge is 1.98. The molecule has 0 N–H and O–H groups in total. The van der Waals surface area contributed by atoms with Gasteiger partial charge in [0.05, 0.1) is 5.71 Å². The Morgan fingerprint density at radius 3 is 3.12 bits per heavy atom. The van der Waals surface area contributed by atoms with Crippen LogP contribution in [0.2, 0.25) is 0 Å². The minimum absolute atomic E-state index is 1.04. The Hall–Kier alpha value is -0.790. The average molecular weight is 111 g/mol. The Morgan fingerprint density at radius 2 is 2.62 bits per heavy atom. The van der Waals surface area contributed by atoms with Crippen LogP contribution in [0.25, 0.3) is 0 Å². The van der Waals surface area contributed by atoms with Crippen molar-refractivity contribution in [3.63, 3.8) is 0 Å². The predicted molar refractivity (Wildman–Crippen MR) is 32.8 cm³/mol. The molecule has 0 spiro atoms. The van der Waals surface area contributed by atoms with E-state index in [1.54, 1.807) is 7.11 Å². The van der Waals surface area contributed by atoms with Gasteiger partial charge in [-0.25, -0.2) is 0 Å². The Morgan fingerprint density at radius 1 is 1.75 bits per heavy atom. The van der Waals surface area contributed by atoms with Crippen LogP contribution in [0.4, 0.5) is 0 Å². The van der Waals surface area contributed by atoms with E-state index >= 15 is 0 Å². The van der Waals surface area contributed by atoms with E-state index in [0.29, 0.717) is 0 Å². The molecule has 0 amide bonds. The maximum Gasteiger partial charge on any atom is 0.106 e. The molecule has 0 fully saturated rings. The lowest BCUT2D eigenvalue weighted by atomic mass is 10.3. The van der Waals surface area contributed by atoms with Gasteiger partial charge >= 0.3 is 0 Å². The van der Waals surface area contributed by atoms with Crippen molar-refractivity contribution in [3.05, 3.63) is 12.2 Å². The van der Waals surface area contributed by atoms with Crippen LogP contribution in [-0.4, -0.2) is 12.8 Å². The van der Waals surface area contributed by atoms with Gasteiger partial charge in [-0.15, -0.1) is 0 Å². The molecular formula is C6H9NO. The average Bonchev–Trinajstić information content (AvgIpc) is 2.19. The minimum Gasteiger partial charge on any atom is -0.399 e. The van der Waals surface area contributed by atoms with Crippen molar-refractivity contribution in [3.8, 4) is 0 Å². The van der Waals surface area contributed by atoms with E-state index in [-0.39, 0.29) is 0 Å². The SMILES string of the molecule is CON=C1C=CCC1. The van der Waals surface area contributed by atoms with Gasteiger partial charge in [-0.2, -0.15) is 0 Å². The summed E-state index contributed by atoms with van der Waals surface area (Å²) in [6.07, 6.45) is 6.23. The molecule has 1 aliphatic rings. The van der Waals surface area contributed by atoms with Crippen molar-refractivity contribution in [2.45, 2.75) is 12.8 Å². The first kappa shape index (κ1) is 5.35. The lowest BCUT2D eigenvalue weighted by Crippen LogP contribution is -1.86. The Labute approximate surface area is 48.8 Å². The molecule has 0 atom stereocenters. The first-order chi connectivity index (χ1) is 3.93. The maximum absolute atomic E-state index is 4.56.